The lowest BCUT2D eigenvalue weighted by atomic mass is 10.1. The van der Waals surface area contributed by atoms with E-state index in [-0.39, 0.29) is 10.6 Å². The van der Waals surface area contributed by atoms with E-state index < -0.39 is 24.8 Å². The third kappa shape index (κ3) is 4.62. The van der Waals surface area contributed by atoms with Crippen molar-refractivity contribution in [3.8, 4) is 17.0 Å². The molecular formula is C19H17F3N4O4. The Morgan fingerprint density at radius 3 is 2.70 bits per heavy atom. The molecule has 0 aliphatic rings. The largest absolute Gasteiger partial charge is 0.494 e. The predicted molar refractivity (Wildman–Crippen MR) is 102 cm³/mol. The maximum atomic E-state index is 12.4. The molecule has 0 aliphatic heterocycles. The van der Waals surface area contributed by atoms with E-state index in [1.165, 1.54) is 18.2 Å². The van der Waals surface area contributed by atoms with Crippen molar-refractivity contribution >= 4 is 23.5 Å². The van der Waals surface area contributed by atoms with E-state index in [2.05, 4.69) is 4.98 Å². The molecule has 3 amide bonds. The normalized spacial score (nSPS) is 11.3. The average Bonchev–Trinajstić information content (AvgIpc) is 3.09. The summed E-state index contributed by atoms with van der Waals surface area (Å²) in [5.41, 5.74) is 1.58. The second-order valence-electron chi connectivity index (χ2n) is 6.11. The molecule has 3 rings (SSSR count). The fourth-order valence-corrected chi connectivity index (χ4v) is 2.81. The Labute approximate surface area is 168 Å². The number of fused-ring (bicyclic) bond motifs is 1. The highest BCUT2D eigenvalue weighted by atomic mass is 19.4. The molecule has 0 fully saturated rings. The van der Waals surface area contributed by atoms with Gasteiger partial charge in [0.15, 0.2) is 0 Å². The number of amides is 3. The van der Waals surface area contributed by atoms with Gasteiger partial charge in [-0.1, -0.05) is 12.1 Å². The first-order valence-electron chi connectivity index (χ1n) is 8.77. The van der Waals surface area contributed by atoms with Crippen molar-refractivity contribution < 1.29 is 32.6 Å². The molecule has 8 nitrogen and oxygen atoms in total. The summed E-state index contributed by atoms with van der Waals surface area (Å²) < 4.78 is 44.2. The summed E-state index contributed by atoms with van der Waals surface area (Å²) in [7, 11) is 0. The Morgan fingerprint density at radius 1 is 1.27 bits per heavy atom. The molecule has 0 saturated carbocycles. The first-order chi connectivity index (χ1) is 14.2. The van der Waals surface area contributed by atoms with Crippen LogP contribution in [0, 0.1) is 0 Å². The highest BCUT2D eigenvalue weighted by Crippen LogP contribution is 2.27. The highest BCUT2D eigenvalue weighted by molar-refractivity contribution is 6.11. The minimum atomic E-state index is -4.67. The number of carbonyl (C=O) groups is 2. The fraction of sp³-hybridized carbons (Fsp3) is 0.211. The lowest BCUT2D eigenvalue weighted by molar-refractivity contribution is -0.122. The Kier molecular flexibility index (Phi) is 5.81. The van der Waals surface area contributed by atoms with Crippen molar-refractivity contribution in [2.24, 2.45) is 0 Å². The molecule has 0 bridgehead atoms. The number of aromatic nitrogens is 2. The number of hydrogen-bond donors (Lipinski definition) is 2. The smallest absolute Gasteiger partial charge is 0.420 e. The van der Waals surface area contributed by atoms with Crippen LogP contribution in [0.1, 0.15) is 6.92 Å². The molecule has 0 spiro atoms. The number of pyridine rings is 1. The predicted octanol–water partition coefficient (Wildman–Crippen LogP) is 4.16. The first kappa shape index (κ1) is 21.0. The molecule has 30 heavy (non-hydrogen) atoms. The molecule has 0 radical (unpaired) electrons. The molecule has 1 aromatic carbocycles. The van der Waals surface area contributed by atoms with Crippen LogP contribution >= 0.6 is 0 Å². The monoisotopic (exact) mass is 422 g/mol. The maximum Gasteiger partial charge on any atom is 0.420 e. The zero-order valence-electron chi connectivity index (χ0n) is 15.7. The third-order valence-electron chi connectivity index (χ3n) is 4.03. The molecule has 11 heteroatoms. The third-order valence-corrected chi connectivity index (χ3v) is 4.03. The number of urea groups is 1. The van der Waals surface area contributed by atoms with Crippen molar-refractivity contribution in [1.29, 1.82) is 0 Å². The topological polar surface area (TPSA) is 96.2 Å². The van der Waals surface area contributed by atoms with E-state index in [1.807, 2.05) is 6.92 Å². The molecule has 0 aliphatic carbocycles. The van der Waals surface area contributed by atoms with Gasteiger partial charge in [0, 0.05) is 17.8 Å². The SMILES string of the molecule is CCOc1ccn2c(-c3cccc(N(C(=O)O)C(=O)NCC(F)(F)F)c3)cnc2c1. The van der Waals surface area contributed by atoms with E-state index in [4.69, 9.17) is 4.74 Å². The number of alkyl halides is 3. The number of benzene rings is 1. The molecule has 3 aromatic rings. The number of ether oxygens (including phenoxy) is 1. The molecule has 158 valence electrons. The minimum absolute atomic E-state index is 0.111. The molecule has 0 unspecified atom stereocenters. The molecule has 2 aromatic heterocycles. The second-order valence-corrected chi connectivity index (χ2v) is 6.11. The van der Waals surface area contributed by atoms with Crippen LogP contribution in [0.25, 0.3) is 16.9 Å². The van der Waals surface area contributed by atoms with Crippen LogP contribution in [0.3, 0.4) is 0 Å². The summed E-state index contributed by atoms with van der Waals surface area (Å²) in [4.78, 5) is 28.1. The number of nitrogens with zero attached hydrogens (tertiary/aromatic N) is 3. The average molecular weight is 422 g/mol. The van der Waals surface area contributed by atoms with E-state index in [9.17, 15) is 27.9 Å². The Hall–Kier alpha value is -3.76. The van der Waals surface area contributed by atoms with Crippen molar-refractivity contribution in [3.05, 3.63) is 48.8 Å². The zero-order chi connectivity index (χ0) is 21.9. The lowest BCUT2D eigenvalue weighted by Gasteiger charge is -2.19. The van der Waals surface area contributed by atoms with E-state index in [0.717, 1.165) is 0 Å². The van der Waals surface area contributed by atoms with Gasteiger partial charge < -0.3 is 15.2 Å². The summed E-state index contributed by atoms with van der Waals surface area (Å²) >= 11 is 0. The summed E-state index contributed by atoms with van der Waals surface area (Å²) in [6, 6.07) is 7.90. The van der Waals surface area contributed by atoms with Crippen molar-refractivity contribution in [3.63, 3.8) is 0 Å². The van der Waals surface area contributed by atoms with Gasteiger partial charge >= 0.3 is 18.3 Å². The number of nitrogens with one attached hydrogen (secondary N) is 1. The van der Waals surface area contributed by atoms with E-state index >= 15 is 0 Å². The zero-order valence-corrected chi connectivity index (χ0v) is 15.7. The number of imidazole rings is 1. The van der Waals surface area contributed by atoms with Gasteiger partial charge in [-0.2, -0.15) is 18.1 Å². The quantitative estimate of drug-likeness (QED) is 0.644. The standard InChI is InChI=1S/C19H17F3N4O4/c1-2-30-14-6-7-25-15(10-23-16(25)9-14)12-4-3-5-13(8-12)26(18(28)29)17(27)24-11-19(20,21)22/h3-10H,2,11H2,1H3,(H,24,27)(H,28,29). The van der Waals surface area contributed by atoms with Crippen molar-refractivity contribution in [2.45, 2.75) is 13.1 Å². The minimum Gasteiger partial charge on any atom is -0.494 e. The summed E-state index contributed by atoms with van der Waals surface area (Å²) in [5.74, 6) is 0.634. The van der Waals surface area contributed by atoms with Crippen LogP contribution < -0.4 is 15.0 Å². The number of carbonyl (C=O) groups excluding carboxylic acids is 1. The molecular weight excluding hydrogens is 405 g/mol. The Morgan fingerprint density at radius 2 is 2.03 bits per heavy atom. The Bertz CT molecular complexity index is 1080. The lowest BCUT2D eigenvalue weighted by Crippen LogP contribution is -2.46. The summed E-state index contributed by atoms with van der Waals surface area (Å²) in [6.45, 7) is 0.698. The maximum absolute atomic E-state index is 12.4. The van der Waals surface area contributed by atoms with Crippen LogP contribution in [0.4, 0.5) is 28.4 Å². The number of halogens is 3. The number of hydrogen-bond acceptors (Lipinski definition) is 4. The van der Waals surface area contributed by atoms with Crippen LogP contribution in [-0.4, -0.2) is 45.9 Å². The number of anilines is 1. The first-order valence-corrected chi connectivity index (χ1v) is 8.77. The Balaban J connectivity index is 1.93. The second kappa shape index (κ2) is 8.31. The number of rotatable bonds is 5. The number of carboxylic acid groups (broad SMARTS) is 1. The van der Waals surface area contributed by atoms with Crippen LogP contribution in [0.5, 0.6) is 5.75 Å². The molecule has 2 N–H and O–H groups in total. The highest BCUT2D eigenvalue weighted by Gasteiger charge is 2.31. The van der Waals surface area contributed by atoms with Crippen LogP contribution in [0.2, 0.25) is 0 Å². The molecule has 2 heterocycles. The van der Waals surface area contributed by atoms with Crippen LogP contribution in [-0.2, 0) is 0 Å². The van der Waals surface area contributed by atoms with Gasteiger partial charge in [-0.15, -0.1) is 0 Å². The van der Waals surface area contributed by atoms with Crippen molar-refractivity contribution in [1.82, 2.24) is 14.7 Å². The van der Waals surface area contributed by atoms with Gasteiger partial charge in [0.2, 0.25) is 0 Å². The molecule has 0 saturated heterocycles. The van der Waals surface area contributed by atoms with Gasteiger partial charge in [0.25, 0.3) is 0 Å². The van der Waals surface area contributed by atoms with E-state index in [1.54, 1.807) is 40.3 Å². The van der Waals surface area contributed by atoms with Gasteiger partial charge in [-0.05, 0) is 25.1 Å². The summed E-state index contributed by atoms with van der Waals surface area (Å²) in [6.07, 6.45) is -3.11. The van der Waals surface area contributed by atoms with Gasteiger partial charge in [0.05, 0.1) is 24.2 Å². The van der Waals surface area contributed by atoms with E-state index in [0.29, 0.717) is 29.3 Å². The van der Waals surface area contributed by atoms with Gasteiger partial charge in [-0.3, -0.25) is 4.40 Å². The van der Waals surface area contributed by atoms with Gasteiger partial charge in [-0.25, -0.2) is 14.6 Å². The van der Waals surface area contributed by atoms with Crippen LogP contribution in [0.15, 0.2) is 48.8 Å². The number of imide groups is 1. The fourth-order valence-electron chi connectivity index (χ4n) is 2.81. The molecule has 0 atom stereocenters. The summed E-state index contributed by atoms with van der Waals surface area (Å²) in [5, 5.41) is 10.9. The van der Waals surface area contributed by atoms with Gasteiger partial charge in [0.1, 0.15) is 17.9 Å². The van der Waals surface area contributed by atoms with Crippen molar-refractivity contribution in [2.75, 3.05) is 18.1 Å².